The zero-order chi connectivity index (χ0) is 10.8. The minimum absolute atomic E-state index is 0.235. The molecule has 0 spiro atoms. The molecule has 1 amide bonds. The zero-order valence-electron chi connectivity index (χ0n) is 9.68. The van der Waals surface area contributed by atoms with Crippen LogP contribution in [0.4, 0.5) is 0 Å². The van der Waals surface area contributed by atoms with Crippen LogP contribution in [0.1, 0.15) is 32.6 Å². The first-order valence-corrected chi connectivity index (χ1v) is 5.86. The first-order chi connectivity index (χ1) is 7.20. The summed E-state index contributed by atoms with van der Waals surface area (Å²) in [5.74, 6) is 0.235. The van der Waals surface area contributed by atoms with Gasteiger partial charge in [-0.05, 0) is 25.3 Å². The van der Waals surface area contributed by atoms with E-state index in [1.807, 2.05) is 18.9 Å². The lowest BCUT2D eigenvalue weighted by Crippen LogP contribution is -2.40. The van der Waals surface area contributed by atoms with E-state index >= 15 is 0 Å². The third-order valence-electron chi connectivity index (χ3n) is 3.72. The molecular formula is C12H20N2O. The van der Waals surface area contributed by atoms with Crippen molar-refractivity contribution >= 4 is 5.91 Å². The molecule has 0 unspecified atom stereocenters. The standard InChI is InChI=1S/C12H20N2O/c1-9(10-7-13-8-10)12(15)14(2)11-5-3-4-6-11/h11,13H,3-8H2,1-2H3. The summed E-state index contributed by atoms with van der Waals surface area (Å²) < 4.78 is 0. The molecule has 3 nitrogen and oxygen atoms in total. The predicted octanol–water partition coefficient (Wildman–Crippen LogP) is 1.31. The topological polar surface area (TPSA) is 32.3 Å². The van der Waals surface area contributed by atoms with Crippen molar-refractivity contribution in [3.05, 3.63) is 11.1 Å². The number of hydrogen-bond acceptors (Lipinski definition) is 2. The molecule has 3 heteroatoms. The number of hydrogen-bond donors (Lipinski definition) is 1. The SMILES string of the molecule is CC(C(=O)N(C)C1CCCC1)=C1CNC1. The van der Waals surface area contributed by atoms with Gasteiger partial charge in [-0.2, -0.15) is 0 Å². The van der Waals surface area contributed by atoms with E-state index in [2.05, 4.69) is 5.32 Å². The second kappa shape index (κ2) is 4.35. The molecule has 2 fully saturated rings. The van der Waals surface area contributed by atoms with Crippen LogP contribution in [0.15, 0.2) is 11.1 Å². The maximum Gasteiger partial charge on any atom is 0.249 e. The van der Waals surface area contributed by atoms with E-state index in [0.717, 1.165) is 18.7 Å². The van der Waals surface area contributed by atoms with Crippen molar-refractivity contribution in [1.82, 2.24) is 10.2 Å². The molecular weight excluding hydrogens is 188 g/mol. The van der Waals surface area contributed by atoms with Gasteiger partial charge in [-0.25, -0.2) is 0 Å². The molecule has 1 saturated carbocycles. The first kappa shape index (κ1) is 10.7. The fraction of sp³-hybridized carbons (Fsp3) is 0.750. The van der Waals surface area contributed by atoms with Gasteiger partial charge in [0.2, 0.25) is 5.91 Å². The highest BCUT2D eigenvalue weighted by Gasteiger charge is 2.26. The average molecular weight is 208 g/mol. The lowest BCUT2D eigenvalue weighted by atomic mass is 10.0. The normalized spacial score (nSPS) is 21.3. The lowest BCUT2D eigenvalue weighted by molar-refractivity contribution is -0.127. The van der Waals surface area contributed by atoms with Crippen LogP contribution < -0.4 is 5.32 Å². The van der Waals surface area contributed by atoms with Gasteiger partial charge in [-0.3, -0.25) is 4.79 Å². The summed E-state index contributed by atoms with van der Waals surface area (Å²) >= 11 is 0. The van der Waals surface area contributed by atoms with Gasteiger partial charge in [0.1, 0.15) is 0 Å². The van der Waals surface area contributed by atoms with Crippen LogP contribution in [0.2, 0.25) is 0 Å². The van der Waals surface area contributed by atoms with Gasteiger partial charge in [0.05, 0.1) is 0 Å². The van der Waals surface area contributed by atoms with Crippen molar-refractivity contribution in [3.63, 3.8) is 0 Å². The average Bonchev–Trinajstić information content (AvgIpc) is 2.65. The second-order valence-electron chi connectivity index (χ2n) is 4.69. The molecule has 1 aliphatic heterocycles. The van der Waals surface area contributed by atoms with Crippen LogP contribution in [0.25, 0.3) is 0 Å². The molecule has 0 atom stereocenters. The zero-order valence-corrected chi connectivity index (χ0v) is 9.68. The maximum absolute atomic E-state index is 12.1. The van der Waals surface area contributed by atoms with Gasteiger partial charge in [0.15, 0.2) is 0 Å². The van der Waals surface area contributed by atoms with E-state index in [-0.39, 0.29) is 5.91 Å². The minimum atomic E-state index is 0.235. The van der Waals surface area contributed by atoms with E-state index in [1.54, 1.807) is 0 Å². The molecule has 1 heterocycles. The Morgan fingerprint density at radius 3 is 2.40 bits per heavy atom. The van der Waals surface area contributed by atoms with Gasteiger partial charge in [-0.1, -0.05) is 12.8 Å². The number of nitrogens with zero attached hydrogens (tertiary/aromatic N) is 1. The first-order valence-electron chi connectivity index (χ1n) is 5.86. The van der Waals surface area contributed by atoms with E-state index in [4.69, 9.17) is 0 Å². The van der Waals surface area contributed by atoms with Crippen molar-refractivity contribution in [1.29, 1.82) is 0 Å². The monoisotopic (exact) mass is 208 g/mol. The molecule has 2 aliphatic rings. The number of carbonyl (C=O) groups is 1. The molecule has 0 radical (unpaired) electrons. The lowest BCUT2D eigenvalue weighted by Gasteiger charge is -2.28. The summed E-state index contributed by atoms with van der Waals surface area (Å²) in [5, 5.41) is 3.18. The Hall–Kier alpha value is -0.830. The van der Waals surface area contributed by atoms with Crippen molar-refractivity contribution < 1.29 is 4.79 Å². The second-order valence-corrected chi connectivity index (χ2v) is 4.69. The van der Waals surface area contributed by atoms with Crippen LogP contribution >= 0.6 is 0 Å². The van der Waals surface area contributed by atoms with Gasteiger partial charge in [0, 0.05) is 31.8 Å². The Morgan fingerprint density at radius 2 is 1.93 bits per heavy atom. The number of likely N-dealkylation sites (N-methyl/N-ethyl adjacent to an activating group) is 1. The van der Waals surface area contributed by atoms with Crippen LogP contribution in [-0.2, 0) is 4.79 Å². The van der Waals surface area contributed by atoms with Crippen molar-refractivity contribution in [2.45, 2.75) is 38.6 Å². The van der Waals surface area contributed by atoms with Crippen LogP contribution in [0.3, 0.4) is 0 Å². The van der Waals surface area contributed by atoms with Crippen LogP contribution in [0, 0.1) is 0 Å². The number of amides is 1. The van der Waals surface area contributed by atoms with Gasteiger partial charge in [-0.15, -0.1) is 0 Å². The summed E-state index contributed by atoms with van der Waals surface area (Å²) in [6.45, 7) is 3.76. The van der Waals surface area contributed by atoms with Crippen LogP contribution in [-0.4, -0.2) is 37.0 Å². The molecule has 1 saturated heterocycles. The number of nitrogens with one attached hydrogen (secondary N) is 1. The number of carbonyl (C=O) groups excluding carboxylic acids is 1. The smallest absolute Gasteiger partial charge is 0.249 e. The highest BCUT2D eigenvalue weighted by atomic mass is 16.2. The van der Waals surface area contributed by atoms with E-state index in [1.165, 1.54) is 31.3 Å². The Bertz CT molecular complexity index is 284. The Morgan fingerprint density at radius 1 is 1.33 bits per heavy atom. The molecule has 1 aliphatic carbocycles. The molecule has 0 aromatic rings. The van der Waals surface area contributed by atoms with Gasteiger partial charge < -0.3 is 10.2 Å². The Balaban J connectivity index is 2.00. The largest absolute Gasteiger partial charge is 0.339 e. The quantitative estimate of drug-likeness (QED) is 0.694. The molecule has 0 aromatic heterocycles. The summed E-state index contributed by atoms with van der Waals surface area (Å²) in [7, 11) is 1.95. The third-order valence-corrected chi connectivity index (χ3v) is 3.72. The molecule has 15 heavy (non-hydrogen) atoms. The Kier molecular flexibility index (Phi) is 3.10. The summed E-state index contributed by atoms with van der Waals surface area (Å²) in [6, 6.07) is 0.487. The highest BCUT2D eigenvalue weighted by molar-refractivity contribution is 5.94. The maximum atomic E-state index is 12.1. The minimum Gasteiger partial charge on any atom is -0.339 e. The number of rotatable bonds is 2. The molecule has 2 rings (SSSR count). The van der Waals surface area contributed by atoms with E-state index in [0.29, 0.717) is 6.04 Å². The third kappa shape index (κ3) is 2.07. The highest BCUT2D eigenvalue weighted by Crippen LogP contribution is 2.24. The summed E-state index contributed by atoms with van der Waals surface area (Å²) in [4.78, 5) is 14.1. The predicted molar refractivity (Wildman–Crippen MR) is 60.6 cm³/mol. The van der Waals surface area contributed by atoms with Crippen molar-refractivity contribution in [2.75, 3.05) is 20.1 Å². The fourth-order valence-electron chi connectivity index (χ4n) is 2.39. The van der Waals surface area contributed by atoms with E-state index < -0.39 is 0 Å². The van der Waals surface area contributed by atoms with Gasteiger partial charge >= 0.3 is 0 Å². The van der Waals surface area contributed by atoms with Gasteiger partial charge in [0.25, 0.3) is 0 Å². The fourth-order valence-corrected chi connectivity index (χ4v) is 2.39. The summed E-state index contributed by atoms with van der Waals surface area (Å²) in [5.41, 5.74) is 2.24. The Labute approximate surface area is 91.5 Å². The molecule has 0 bridgehead atoms. The van der Waals surface area contributed by atoms with Crippen LogP contribution in [0.5, 0.6) is 0 Å². The molecule has 84 valence electrons. The summed E-state index contributed by atoms with van der Waals surface area (Å²) in [6.07, 6.45) is 4.92. The van der Waals surface area contributed by atoms with Crippen molar-refractivity contribution in [2.24, 2.45) is 0 Å². The molecule has 1 N–H and O–H groups in total. The van der Waals surface area contributed by atoms with E-state index in [9.17, 15) is 4.79 Å². The molecule has 0 aromatic carbocycles. The van der Waals surface area contributed by atoms with Crippen molar-refractivity contribution in [3.8, 4) is 0 Å².